The Morgan fingerprint density at radius 3 is 2.47 bits per heavy atom. The van der Waals surface area contributed by atoms with Crippen LogP contribution in [0, 0.1) is 0 Å². The Labute approximate surface area is 90.1 Å². The van der Waals surface area contributed by atoms with Crippen LogP contribution in [0.4, 0.5) is 11.4 Å². The van der Waals surface area contributed by atoms with Crippen molar-refractivity contribution in [2.24, 2.45) is 0 Å². The molecule has 0 heterocycles. The van der Waals surface area contributed by atoms with Crippen molar-refractivity contribution in [2.45, 2.75) is 6.42 Å². The minimum absolute atomic E-state index is 0.123. The van der Waals surface area contributed by atoms with Gasteiger partial charge < -0.3 is 16.0 Å². The van der Waals surface area contributed by atoms with E-state index in [1.54, 1.807) is 19.0 Å². The number of hydrogen-bond donors (Lipinski definition) is 2. The smallest absolute Gasteiger partial charge is 0.223 e. The second kappa shape index (κ2) is 5.24. The van der Waals surface area contributed by atoms with Crippen molar-refractivity contribution in [1.82, 2.24) is 4.90 Å². The van der Waals surface area contributed by atoms with Crippen molar-refractivity contribution in [3.05, 3.63) is 24.3 Å². The summed E-state index contributed by atoms with van der Waals surface area (Å²) in [5.74, 6) is 0.123. The molecule has 3 N–H and O–H groups in total. The van der Waals surface area contributed by atoms with Crippen LogP contribution in [-0.2, 0) is 4.79 Å². The van der Waals surface area contributed by atoms with Crippen LogP contribution in [0.3, 0.4) is 0 Å². The normalized spacial score (nSPS) is 9.73. The fourth-order valence-corrected chi connectivity index (χ4v) is 1.14. The van der Waals surface area contributed by atoms with Gasteiger partial charge in [0.15, 0.2) is 0 Å². The quantitative estimate of drug-likeness (QED) is 0.728. The van der Waals surface area contributed by atoms with Gasteiger partial charge in [0.1, 0.15) is 0 Å². The minimum atomic E-state index is 0.123. The van der Waals surface area contributed by atoms with Crippen LogP contribution < -0.4 is 11.1 Å². The molecule has 0 unspecified atom stereocenters. The first-order valence-electron chi connectivity index (χ1n) is 4.89. The van der Waals surface area contributed by atoms with Gasteiger partial charge in [-0.1, -0.05) is 0 Å². The molecule has 0 aromatic heterocycles. The summed E-state index contributed by atoms with van der Waals surface area (Å²) in [6, 6.07) is 7.46. The maximum absolute atomic E-state index is 11.3. The second-order valence-corrected chi connectivity index (χ2v) is 3.59. The van der Waals surface area contributed by atoms with Crippen LogP contribution in [0.2, 0.25) is 0 Å². The average molecular weight is 207 g/mol. The van der Waals surface area contributed by atoms with Crippen LogP contribution in [0.5, 0.6) is 0 Å². The third-order valence-electron chi connectivity index (χ3n) is 2.08. The molecule has 0 aliphatic heterocycles. The molecule has 0 spiro atoms. The molecule has 1 aromatic rings. The third kappa shape index (κ3) is 3.89. The first-order valence-corrected chi connectivity index (χ1v) is 4.89. The SMILES string of the molecule is CN(C)C(=O)CCNc1ccc(N)cc1. The highest BCUT2D eigenvalue weighted by Gasteiger charge is 2.02. The number of anilines is 2. The highest BCUT2D eigenvalue weighted by molar-refractivity contribution is 5.76. The van der Waals surface area contributed by atoms with Crippen molar-refractivity contribution >= 4 is 17.3 Å². The van der Waals surface area contributed by atoms with Gasteiger partial charge in [-0.2, -0.15) is 0 Å². The van der Waals surface area contributed by atoms with Gasteiger partial charge in [0.05, 0.1) is 0 Å². The van der Waals surface area contributed by atoms with E-state index in [1.165, 1.54) is 0 Å². The van der Waals surface area contributed by atoms with Gasteiger partial charge in [-0.3, -0.25) is 4.79 Å². The molecule has 0 bridgehead atoms. The van der Waals surface area contributed by atoms with E-state index < -0.39 is 0 Å². The van der Waals surface area contributed by atoms with E-state index in [9.17, 15) is 4.79 Å². The molecule has 0 saturated carbocycles. The summed E-state index contributed by atoms with van der Waals surface area (Å²) in [5, 5.41) is 3.15. The number of hydrogen-bond acceptors (Lipinski definition) is 3. The Balaban J connectivity index is 2.32. The molecule has 4 nitrogen and oxygen atoms in total. The summed E-state index contributed by atoms with van der Waals surface area (Å²) in [6.45, 7) is 0.640. The van der Waals surface area contributed by atoms with E-state index in [1.807, 2.05) is 24.3 Å². The monoisotopic (exact) mass is 207 g/mol. The lowest BCUT2D eigenvalue weighted by atomic mass is 10.3. The van der Waals surface area contributed by atoms with Crippen molar-refractivity contribution in [3.8, 4) is 0 Å². The third-order valence-corrected chi connectivity index (χ3v) is 2.08. The second-order valence-electron chi connectivity index (χ2n) is 3.59. The van der Waals surface area contributed by atoms with Crippen molar-refractivity contribution in [1.29, 1.82) is 0 Å². The number of nitrogen functional groups attached to an aromatic ring is 1. The number of nitrogens with zero attached hydrogens (tertiary/aromatic N) is 1. The number of carbonyl (C=O) groups is 1. The molecule has 82 valence electrons. The fourth-order valence-electron chi connectivity index (χ4n) is 1.14. The lowest BCUT2D eigenvalue weighted by Gasteiger charge is -2.11. The van der Waals surface area contributed by atoms with E-state index in [0.717, 1.165) is 11.4 Å². The Morgan fingerprint density at radius 2 is 1.93 bits per heavy atom. The Hall–Kier alpha value is -1.71. The Morgan fingerprint density at radius 1 is 1.33 bits per heavy atom. The minimum Gasteiger partial charge on any atom is -0.399 e. The summed E-state index contributed by atoms with van der Waals surface area (Å²) in [5.41, 5.74) is 7.28. The average Bonchev–Trinajstić information content (AvgIpc) is 2.20. The molecule has 0 atom stereocenters. The zero-order valence-corrected chi connectivity index (χ0v) is 9.16. The number of nitrogens with two attached hydrogens (primary N) is 1. The van der Waals surface area contributed by atoms with Gasteiger partial charge in [0.25, 0.3) is 0 Å². The molecule has 1 rings (SSSR count). The summed E-state index contributed by atoms with van der Waals surface area (Å²) >= 11 is 0. The topological polar surface area (TPSA) is 58.4 Å². The Kier molecular flexibility index (Phi) is 3.97. The molecule has 0 radical (unpaired) electrons. The Bertz CT molecular complexity index is 319. The zero-order chi connectivity index (χ0) is 11.3. The number of nitrogens with one attached hydrogen (secondary N) is 1. The van der Waals surface area contributed by atoms with Crippen molar-refractivity contribution < 1.29 is 4.79 Å². The summed E-state index contributed by atoms with van der Waals surface area (Å²) in [4.78, 5) is 12.8. The molecule has 1 amide bonds. The molecule has 0 aliphatic rings. The highest BCUT2D eigenvalue weighted by atomic mass is 16.2. The number of carbonyl (C=O) groups excluding carboxylic acids is 1. The fraction of sp³-hybridized carbons (Fsp3) is 0.364. The lowest BCUT2D eigenvalue weighted by molar-refractivity contribution is -0.128. The molecule has 0 saturated heterocycles. The van der Waals surface area contributed by atoms with E-state index in [4.69, 9.17) is 5.73 Å². The van der Waals surface area contributed by atoms with Gasteiger partial charge in [-0.15, -0.1) is 0 Å². The van der Waals surface area contributed by atoms with Crippen LogP contribution >= 0.6 is 0 Å². The first-order chi connectivity index (χ1) is 7.09. The molecule has 15 heavy (non-hydrogen) atoms. The molecule has 0 fully saturated rings. The maximum atomic E-state index is 11.3. The maximum Gasteiger partial charge on any atom is 0.223 e. The van der Waals surface area contributed by atoms with Crippen LogP contribution in [0.1, 0.15) is 6.42 Å². The highest BCUT2D eigenvalue weighted by Crippen LogP contribution is 2.10. The largest absolute Gasteiger partial charge is 0.399 e. The van der Waals surface area contributed by atoms with Crippen LogP contribution in [-0.4, -0.2) is 31.4 Å². The molecular formula is C11H17N3O. The van der Waals surface area contributed by atoms with Crippen LogP contribution in [0.15, 0.2) is 24.3 Å². The van der Waals surface area contributed by atoms with Gasteiger partial charge in [-0.25, -0.2) is 0 Å². The molecule has 0 aliphatic carbocycles. The predicted octanol–water partition coefficient (Wildman–Crippen LogP) is 1.16. The molecular weight excluding hydrogens is 190 g/mol. The summed E-state index contributed by atoms with van der Waals surface area (Å²) < 4.78 is 0. The first kappa shape index (κ1) is 11.4. The van der Waals surface area contributed by atoms with E-state index in [0.29, 0.717) is 13.0 Å². The zero-order valence-electron chi connectivity index (χ0n) is 9.16. The van der Waals surface area contributed by atoms with Gasteiger partial charge in [0.2, 0.25) is 5.91 Å². The summed E-state index contributed by atoms with van der Waals surface area (Å²) in [7, 11) is 3.51. The molecule has 4 heteroatoms. The van der Waals surface area contributed by atoms with Gasteiger partial charge in [-0.05, 0) is 24.3 Å². The number of benzene rings is 1. The van der Waals surface area contributed by atoms with Gasteiger partial charge >= 0.3 is 0 Å². The van der Waals surface area contributed by atoms with E-state index in [-0.39, 0.29) is 5.91 Å². The van der Waals surface area contributed by atoms with Crippen molar-refractivity contribution in [2.75, 3.05) is 31.7 Å². The van der Waals surface area contributed by atoms with Crippen molar-refractivity contribution in [3.63, 3.8) is 0 Å². The number of amides is 1. The van der Waals surface area contributed by atoms with Gasteiger partial charge in [0, 0.05) is 38.4 Å². The number of rotatable bonds is 4. The predicted molar refractivity (Wildman–Crippen MR) is 62.7 cm³/mol. The summed E-state index contributed by atoms with van der Waals surface area (Å²) in [6.07, 6.45) is 0.497. The lowest BCUT2D eigenvalue weighted by Crippen LogP contribution is -2.23. The van der Waals surface area contributed by atoms with E-state index >= 15 is 0 Å². The van der Waals surface area contributed by atoms with E-state index in [2.05, 4.69) is 5.32 Å². The molecule has 1 aromatic carbocycles. The standard InChI is InChI=1S/C11H17N3O/c1-14(2)11(15)7-8-13-10-5-3-9(12)4-6-10/h3-6,13H,7-8,12H2,1-2H3. The van der Waals surface area contributed by atoms with Crippen LogP contribution in [0.25, 0.3) is 0 Å².